The normalized spacial score (nSPS) is 9.93. The van der Waals surface area contributed by atoms with Crippen LogP contribution in [0.5, 0.6) is 5.75 Å². The van der Waals surface area contributed by atoms with E-state index in [0.29, 0.717) is 18.8 Å². The van der Waals surface area contributed by atoms with Crippen LogP contribution in [0, 0.1) is 0 Å². The van der Waals surface area contributed by atoms with Crippen molar-refractivity contribution in [1.82, 2.24) is 0 Å². The minimum Gasteiger partial charge on any atom is -0.494 e. The molecular formula is C11H15NO3. The van der Waals surface area contributed by atoms with Crippen molar-refractivity contribution in [2.45, 2.75) is 6.42 Å². The minimum atomic E-state index is -0.430. The number of hydrogen-bond donors (Lipinski definition) is 1. The fourth-order valence-corrected chi connectivity index (χ4v) is 1.11. The monoisotopic (exact) mass is 209 g/mol. The van der Waals surface area contributed by atoms with E-state index in [1.807, 2.05) is 0 Å². The first-order valence-corrected chi connectivity index (χ1v) is 4.75. The summed E-state index contributed by atoms with van der Waals surface area (Å²) in [5.74, 6) is 0.303. The van der Waals surface area contributed by atoms with Crippen LogP contribution in [-0.2, 0) is 4.74 Å². The predicted molar refractivity (Wildman–Crippen MR) is 56.9 cm³/mol. The lowest BCUT2D eigenvalue weighted by molar-refractivity contribution is 0.100. The van der Waals surface area contributed by atoms with Crippen molar-refractivity contribution in [2.24, 2.45) is 5.73 Å². The Morgan fingerprint density at radius 2 is 1.93 bits per heavy atom. The molecule has 0 fully saturated rings. The highest BCUT2D eigenvalue weighted by molar-refractivity contribution is 5.92. The average molecular weight is 209 g/mol. The molecule has 0 heterocycles. The Labute approximate surface area is 89.0 Å². The van der Waals surface area contributed by atoms with E-state index in [0.717, 1.165) is 12.2 Å². The third-order valence-corrected chi connectivity index (χ3v) is 1.90. The number of nitrogens with two attached hydrogens (primary N) is 1. The molecule has 0 aliphatic rings. The standard InChI is InChI=1S/C11H15NO3/c1-14-7-2-8-15-10-5-3-9(4-6-10)11(12)13/h3-6H,2,7-8H2,1H3,(H2,12,13). The van der Waals surface area contributed by atoms with Gasteiger partial charge in [-0.2, -0.15) is 0 Å². The maximum Gasteiger partial charge on any atom is 0.248 e. The number of ether oxygens (including phenoxy) is 2. The van der Waals surface area contributed by atoms with Gasteiger partial charge in [-0.3, -0.25) is 4.79 Å². The minimum absolute atomic E-state index is 0.430. The van der Waals surface area contributed by atoms with Gasteiger partial charge >= 0.3 is 0 Å². The fourth-order valence-electron chi connectivity index (χ4n) is 1.11. The van der Waals surface area contributed by atoms with Crippen LogP contribution in [0.3, 0.4) is 0 Å². The highest BCUT2D eigenvalue weighted by Gasteiger charge is 1.99. The van der Waals surface area contributed by atoms with Crippen molar-refractivity contribution in [2.75, 3.05) is 20.3 Å². The summed E-state index contributed by atoms with van der Waals surface area (Å²) in [4.78, 5) is 10.8. The van der Waals surface area contributed by atoms with E-state index in [-0.39, 0.29) is 0 Å². The molecule has 4 nitrogen and oxygen atoms in total. The maximum absolute atomic E-state index is 10.8. The fraction of sp³-hybridized carbons (Fsp3) is 0.364. The third kappa shape index (κ3) is 3.99. The number of amides is 1. The van der Waals surface area contributed by atoms with Crippen molar-refractivity contribution in [3.05, 3.63) is 29.8 Å². The summed E-state index contributed by atoms with van der Waals surface area (Å²) in [6.07, 6.45) is 0.841. The number of methoxy groups -OCH3 is 1. The van der Waals surface area contributed by atoms with Crippen molar-refractivity contribution in [1.29, 1.82) is 0 Å². The van der Waals surface area contributed by atoms with E-state index in [1.165, 1.54) is 0 Å². The Bertz CT molecular complexity index is 308. The summed E-state index contributed by atoms with van der Waals surface area (Å²) in [5, 5.41) is 0. The van der Waals surface area contributed by atoms with Crippen LogP contribution in [0.15, 0.2) is 24.3 Å². The second-order valence-electron chi connectivity index (χ2n) is 3.08. The highest BCUT2D eigenvalue weighted by atomic mass is 16.5. The summed E-state index contributed by atoms with van der Waals surface area (Å²) in [6, 6.07) is 6.75. The molecule has 15 heavy (non-hydrogen) atoms. The summed E-state index contributed by atoms with van der Waals surface area (Å²) in [7, 11) is 1.65. The van der Waals surface area contributed by atoms with Gasteiger partial charge in [0.15, 0.2) is 0 Å². The molecule has 0 aromatic heterocycles. The zero-order chi connectivity index (χ0) is 11.1. The van der Waals surface area contributed by atoms with Gasteiger partial charge in [0.25, 0.3) is 0 Å². The Balaban J connectivity index is 2.39. The van der Waals surface area contributed by atoms with Gasteiger partial charge in [-0.05, 0) is 24.3 Å². The molecule has 2 N–H and O–H groups in total. The number of carbonyl (C=O) groups is 1. The van der Waals surface area contributed by atoms with Gasteiger partial charge in [-0.1, -0.05) is 0 Å². The van der Waals surface area contributed by atoms with Crippen LogP contribution < -0.4 is 10.5 Å². The van der Waals surface area contributed by atoms with Crippen molar-refractivity contribution in [3.63, 3.8) is 0 Å². The van der Waals surface area contributed by atoms with Crippen molar-refractivity contribution >= 4 is 5.91 Å². The molecule has 0 unspecified atom stereocenters. The van der Waals surface area contributed by atoms with Gasteiger partial charge in [0.2, 0.25) is 5.91 Å². The zero-order valence-electron chi connectivity index (χ0n) is 8.73. The summed E-state index contributed by atoms with van der Waals surface area (Å²) < 4.78 is 10.3. The molecular weight excluding hydrogens is 194 g/mol. The Kier molecular flexibility index (Phi) is 4.63. The van der Waals surface area contributed by atoms with Crippen LogP contribution in [0.4, 0.5) is 0 Å². The molecule has 0 spiro atoms. The lowest BCUT2D eigenvalue weighted by atomic mass is 10.2. The lowest BCUT2D eigenvalue weighted by Crippen LogP contribution is -2.10. The van der Waals surface area contributed by atoms with Gasteiger partial charge in [-0.25, -0.2) is 0 Å². The summed E-state index contributed by atoms with van der Waals surface area (Å²) in [6.45, 7) is 1.28. The molecule has 0 saturated carbocycles. The second kappa shape index (κ2) is 6.03. The Morgan fingerprint density at radius 1 is 1.27 bits per heavy atom. The van der Waals surface area contributed by atoms with E-state index in [2.05, 4.69) is 0 Å². The molecule has 1 rings (SSSR count). The second-order valence-corrected chi connectivity index (χ2v) is 3.08. The van der Waals surface area contributed by atoms with Crippen LogP contribution in [0.25, 0.3) is 0 Å². The van der Waals surface area contributed by atoms with Gasteiger partial charge < -0.3 is 15.2 Å². The Hall–Kier alpha value is -1.55. The first-order valence-electron chi connectivity index (χ1n) is 4.75. The molecule has 1 amide bonds. The molecule has 0 radical (unpaired) electrons. The molecule has 0 bridgehead atoms. The smallest absolute Gasteiger partial charge is 0.248 e. The molecule has 0 aliphatic carbocycles. The van der Waals surface area contributed by atoms with E-state index >= 15 is 0 Å². The summed E-state index contributed by atoms with van der Waals surface area (Å²) >= 11 is 0. The van der Waals surface area contributed by atoms with Crippen molar-refractivity contribution < 1.29 is 14.3 Å². The number of rotatable bonds is 6. The zero-order valence-corrected chi connectivity index (χ0v) is 8.73. The van der Waals surface area contributed by atoms with E-state index in [1.54, 1.807) is 31.4 Å². The topological polar surface area (TPSA) is 61.6 Å². The molecule has 1 aromatic rings. The number of hydrogen-bond acceptors (Lipinski definition) is 3. The first-order chi connectivity index (χ1) is 7.24. The molecule has 4 heteroatoms. The van der Waals surface area contributed by atoms with E-state index in [9.17, 15) is 4.79 Å². The van der Waals surface area contributed by atoms with Gasteiger partial charge in [0.05, 0.1) is 6.61 Å². The molecule has 0 aliphatic heterocycles. The third-order valence-electron chi connectivity index (χ3n) is 1.90. The molecule has 82 valence electrons. The number of carbonyl (C=O) groups excluding carboxylic acids is 1. The summed E-state index contributed by atoms with van der Waals surface area (Å²) in [5.41, 5.74) is 5.59. The molecule has 0 saturated heterocycles. The average Bonchev–Trinajstić information content (AvgIpc) is 2.25. The van der Waals surface area contributed by atoms with Gasteiger partial charge in [-0.15, -0.1) is 0 Å². The van der Waals surface area contributed by atoms with Gasteiger partial charge in [0.1, 0.15) is 5.75 Å². The van der Waals surface area contributed by atoms with Crippen molar-refractivity contribution in [3.8, 4) is 5.75 Å². The molecule has 1 aromatic carbocycles. The van der Waals surface area contributed by atoms with Crippen LogP contribution in [0.1, 0.15) is 16.8 Å². The quantitative estimate of drug-likeness (QED) is 0.716. The molecule has 0 atom stereocenters. The number of benzene rings is 1. The van der Waals surface area contributed by atoms with E-state index in [4.69, 9.17) is 15.2 Å². The van der Waals surface area contributed by atoms with E-state index < -0.39 is 5.91 Å². The lowest BCUT2D eigenvalue weighted by Gasteiger charge is -2.05. The number of primary amides is 1. The largest absolute Gasteiger partial charge is 0.494 e. The SMILES string of the molecule is COCCCOc1ccc(C(N)=O)cc1. The Morgan fingerprint density at radius 3 is 2.47 bits per heavy atom. The van der Waals surface area contributed by atoms with Gasteiger partial charge in [0, 0.05) is 25.7 Å². The highest BCUT2D eigenvalue weighted by Crippen LogP contribution is 2.11. The maximum atomic E-state index is 10.8. The van der Waals surface area contributed by atoms with Crippen LogP contribution in [-0.4, -0.2) is 26.2 Å². The van der Waals surface area contributed by atoms with Crippen LogP contribution in [0.2, 0.25) is 0 Å². The first kappa shape index (κ1) is 11.5. The predicted octanol–water partition coefficient (Wildman–Crippen LogP) is 1.20. The van der Waals surface area contributed by atoms with Crippen LogP contribution >= 0.6 is 0 Å².